The molecule has 0 aromatic rings. The van der Waals surface area contributed by atoms with Crippen LogP contribution in [-0.2, 0) is 0 Å². The summed E-state index contributed by atoms with van der Waals surface area (Å²) in [5, 5.41) is 0. The van der Waals surface area contributed by atoms with Crippen LogP contribution >= 0.6 is 0 Å². The van der Waals surface area contributed by atoms with Crippen molar-refractivity contribution >= 4 is 0 Å². The van der Waals surface area contributed by atoms with Crippen LogP contribution in [0.2, 0.25) is 0 Å². The highest BCUT2D eigenvalue weighted by molar-refractivity contribution is 5.14. The van der Waals surface area contributed by atoms with E-state index < -0.39 is 0 Å². The summed E-state index contributed by atoms with van der Waals surface area (Å²) in [7, 11) is 0. The van der Waals surface area contributed by atoms with Crippen molar-refractivity contribution in [1.29, 1.82) is 0 Å². The lowest BCUT2D eigenvalue weighted by atomic mass is 9.65. The summed E-state index contributed by atoms with van der Waals surface area (Å²) in [6, 6.07) is 0. The van der Waals surface area contributed by atoms with E-state index in [1.165, 1.54) is 12.8 Å². The highest BCUT2D eigenvalue weighted by Gasteiger charge is 2.34. The van der Waals surface area contributed by atoms with Crippen molar-refractivity contribution in [3.63, 3.8) is 0 Å². The molecule has 0 aromatic carbocycles. The lowest BCUT2D eigenvalue weighted by Crippen LogP contribution is -2.29. The molecule has 0 aliphatic heterocycles. The molecule has 0 radical (unpaired) electrons. The molecule has 0 aromatic heterocycles. The molecule has 1 rings (SSSR count). The molecule has 0 saturated heterocycles. The molecular formula is C14H24. The zero-order valence-electron chi connectivity index (χ0n) is 10.4. The summed E-state index contributed by atoms with van der Waals surface area (Å²) in [5.41, 5.74) is 2.24. The fourth-order valence-electron chi connectivity index (χ4n) is 2.51. The van der Waals surface area contributed by atoms with Gasteiger partial charge in [0.1, 0.15) is 0 Å². The van der Waals surface area contributed by atoms with E-state index in [2.05, 4.69) is 53.3 Å². The minimum atomic E-state index is 0.235. The van der Waals surface area contributed by atoms with Gasteiger partial charge < -0.3 is 0 Å². The van der Waals surface area contributed by atoms with Crippen LogP contribution in [0.25, 0.3) is 0 Å². The van der Waals surface area contributed by atoms with Crippen molar-refractivity contribution in [1.82, 2.24) is 0 Å². The largest absolute Gasteiger partial charge is 0.103 e. The van der Waals surface area contributed by atoms with Crippen LogP contribution < -0.4 is 0 Å². The maximum absolute atomic E-state index is 3.95. The van der Waals surface area contributed by atoms with E-state index in [4.69, 9.17) is 0 Å². The fourth-order valence-corrected chi connectivity index (χ4v) is 2.51. The van der Waals surface area contributed by atoms with Crippen LogP contribution in [0.4, 0.5) is 0 Å². The van der Waals surface area contributed by atoms with Crippen LogP contribution in [0.1, 0.15) is 47.5 Å². The van der Waals surface area contributed by atoms with Gasteiger partial charge in [-0.25, -0.2) is 0 Å². The van der Waals surface area contributed by atoms with Crippen molar-refractivity contribution in [2.45, 2.75) is 47.5 Å². The Hall–Kier alpha value is -0.520. The van der Waals surface area contributed by atoms with Crippen LogP contribution in [0.5, 0.6) is 0 Å². The first-order valence-corrected chi connectivity index (χ1v) is 5.58. The van der Waals surface area contributed by atoms with Gasteiger partial charge in [-0.2, -0.15) is 0 Å². The van der Waals surface area contributed by atoms with E-state index in [1.807, 2.05) is 0 Å². The molecule has 0 amide bonds. The van der Waals surface area contributed by atoms with Crippen LogP contribution in [0.15, 0.2) is 24.3 Å². The number of hydrogen-bond donors (Lipinski definition) is 0. The highest BCUT2D eigenvalue weighted by atomic mass is 14.4. The molecule has 0 nitrogen and oxygen atoms in total. The molecule has 0 bridgehead atoms. The van der Waals surface area contributed by atoms with E-state index in [1.54, 1.807) is 5.57 Å². The van der Waals surface area contributed by atoms with Crippen molar-refractivity contribution in [2.75, 3.05) is 0 Å². The normalized spacial score (nSPS) is 26.9. The van der Waals surface area contributed by atoms with E-state index in [-0.39, 0.29) is 5.41 Å². The number of hydrogen-bond acceptors (Lipinski definition) is 0. The van der Waals surface area contributed by atoms with Gasteiger partial charge in [0.25, 0.3) is 0 Å². The Labute approximate surface area is 89.1 Å². The molecule has 0 fully saturated rings. The summed E-state index contributed by atoms with van der Waals surface area (Å²) in [5.74, 6) is 0.656. The molecule has 0 saturated carbocycles. The molecule has 1 atom stereocenters. The SMILES string of the molecule is C=CC(C)(C)C1C=C(C)CC(C)(C)C1. The Morgan fingerprint density at radius 1 is 1.50 bits per heavy atom. The third kappa shape index (κ3) is 2.50. The van der Waals surface area contributed by atoms with Gasteiger partial charge >= 0.3 is 0 Å². The standard InChI is InChI=1S/C14H24/c1-7-14(5,6)12-8-11(2)9-13(3,4)10-12/h7-8,12H,1,9-10H2,2-6H3. The third-order valence-corrected chi connectivity index (χ3v) is 3.50. The fraction of sp³-hybridized carbons (Fsp3) is 0.714. The van der Waals surface area contributed by atoms with E-state index >= 15 is 0 Å². The van der Waals surface area contributed by atoms with Gasteiger partial charge in [0.15, 0.2) is 0 Å². The molecule has 0 N–H and O–H groups in total. The average Bonchev–Trinajstić information content (AvgIpc) is 2.00. The van der Waals surface area contributed by atoms with Gasteiger partial charge in [0, 0.05) is 0 Å². The van der Waals surface area contributed by atoms with Gasteiger partial charge in [-0.05, 0) is 36.5 Å². The first-order valence-electron chi connectivity index (χ1n) is 5.58. The van der Waals surface area contributed by atoms with Crippen molar-refractivity contribution in [3.05, 3.63) is 24.3 Å². The number of rotatable bonds is 2. The zero-order chi connectivity index (χ0) is 11.0. The lowest BCUT2D eigenvalue weighted by molar-refractivity contribution is 0.198. The lowest BCUT2D eigenvalue weighted by Gasteiger charge is -2.40. The van der Waals surface area contributed by atoms with Gasteiger partial charge in [-0.3, -0.25) is 0 Å². The summed E-state index contributed by atoms with van der Waals surface area (Å²) < 4.78 is 0. The van der Waals surface area contributed by atoms with Crippen molar-refractivity contribution in [3.8, 4) is 0 Å². The Morgan fingerprint density at radius 2 is 2.07 bits per heavy atom. The van der Waals surface area contributed by atoms with Crippen molar-refractivity contribution < 1.29 is 0 Å². The maximum Gasteiger partial charge on any atom is -0.0114 e. The van der Waals surface area contributed by atoms with Crippen LogP contribution in [-0.4, -0.2) is 0 Å². The van der Waals surface area contributed by atoms with Gasteiger partial charge in [0.2, 0.25) is 0 Å². The third-order valence-electron chi connectivity index (χ3n) is 3.50. The Kier molecular flexibility index (Phi) is 2.94. The summed E-state index contributed by atoms with van der Waals surface area (Å²) in [4.78, 5) is 0. The quantitative estimate of drug-likeness (QED) is 0.562. The number of allylic oxidation sites excluding steroid dienone is 3. The first kappa shape index (κ1) is 11.6. The molecular weight excluding hydrogens is 168 g/mol. The van der Waals surface area contributed by atoms with Crippen molar-refractivity contribution in [2.24, 2.45) is 16.7 Å². The van der Waals surface area contributed by atoms with E-state index in [9.17, 15) is 0 Å². The second-order valence-electron chi connectivity index (χ2n) is 6.19. The molecule has 1 aliphatic rings. The smallest absolute Gasteiger partial charge is 0.0114 e. The first-order chi connectivity index (χ1) is 6.27. The predicted molar refractivity (Wildman–Crippen MR) is 64.2 cm³/mol. The summed E-state index contributed by atoms with van der Waals surface area (Å²) in [6.07, 6.45) is 7.08. The van der Waals surface area contributed by atoms with E-state index in [0.29, 0.717) is 11.3 Å². The monoisotopic (exact) mass is 192 g/mol. The molecule has 14 heavy (non-hydrogen) atoms. The molecule has 1 unspecified atom stereocenters. The van der Waals surface area contributed by atoms with Gasteiger partial charge in [0.05, 0.1) is 0 Å². The molecule has 0 heterocycles. The zero-order valence-corrected chi connectivity index (χ0v) is 10.4. The predicted octanol–water partition coefficient (Wildman–Crippen LogP) is 4.58. The van der Waals surface area contributed by atoms with Crippen LogP contribution in [0.3, 0.4) is 0 Å². The second-order valence-corrected chi connectivity index (χ2v) is 6.19. The Balaban J connectivity index is 2.92. The minimum Gasteiger partial charge on any atom is -0.103 e. The molecule has 0 spiro atoms. The summed E-state index contributed by atoms with van der Waals surface area (Å²) >= 11 is 0. The minimum absolute atomic E-state index is 0.235. The van der Waals surface area contributed by atoms with Gasteiger partial charge in [-0.1, -0.05) is 45.4 Å². The second kappa shape index (κ2) is 3.56. The highest BCUT2D eigenvalue weighted by Crippen LogP contribution is 2.45. The molecule has 80 valence electrons. The van der Waals surface area contributed by atoms with Crippen LogP contribution in [0, 0.1) is 16.7 Å². The van der Waals surface area contributed by atoms with E-state index in [0.717, 1.165) is 0 Å². The summed E-state index contributed by atoms with van der Waals surface area (Å²) in [6.45, 7) is 15.5. The Morgan fingerprint density at radius 3 is 2.50 bits per heavy atom. The van der Waals surface area contributed by atoms with Gasteiger partial charge in [-0.15, -0.1) is 6.58 Å². The molecule has 0 heteroatoms. The average molecular weight is 192 g/mol. The molecule has 1 aliphatic carbocycles. The Bertz CT molecular complexity index is 253. The maximum atomic E-state index is 3.95. The topological polar surface area (TPSA) is 0 Å².